The van der Waals surface area contributed by atoms with Crippen molar-refractivity contribution in [3.05, 3.63) is 64.1 Å². The van der Waals surface area contributed by atoms with E-state index in [4.69, 9.17) is 23.2 Å². The van der Waals surface area contributed by atoms with E-state index < -0.39 is 0 Å². The Morgan fingerprint density at radius 1 is 1.12 bits per heavy atom. The van der Waals surface area contributed by atoms with E-state index in [-0.39, 0.29) is 5.78 Å². The molecule has 2 aromatic carbocycles. The molecule has 0 unspecified atom stereocenters. The molecule has 0 spiro atoms. The molecule has 0 radical (unpaired) electrons. The van der Waals surface area contributed by atoms with Crippen molar-refractivity contribution < 1.29 is 4.79 Å². The smallest absolute Gasteiger partial charge is 0.191 e. The fourth-order valence-corrected chi connectivity index (χ4v) is 3.48. The minimum Gasteiger partial charge on any atom is -0.305 e. The second kappa shape index (κ2) is 7.38. The Kier molecular flexibility index (Phi) is 5.23. The van der Waals surface area contributed by atoms with Crippen molar-refractivity contribution >= 4 is 40.7 Å². The normalized spacial score (nSPS) is 10.8. The molecule has 0 amide bonds. The fourth-order valence-electron chi connectivity index (χ4n) is 2.18. The van der Waals surface area contributed by atoms with Gasteiger partial charge < -0.3 is 4.57 Å². The second-order valence-corrected chi connectivity index (χ2v) is 6.85. The van der Waals surface area contributed by atoms with Gasteiger partial charge in [0, 0.05) is 23.2 Å². The summed E-state index contributed by atoms with van der Waals surface area (Å²) in [7, 11) is 1.84. The van der Waals surface area contributed by atoms with Crippen LogP contribution in [-0.4, -0.2) is 26.3 Å². The molecule has 0 atom stereocenters. The highest BCUT2D eigenvalue weighted by Crippen LogP contribution is 2.30. The van der Waals surface area contributed by atoms with Crippen LogP contribution in [-0.2, 0) is 7.05 Å². The number of hydrogen-bond donors (Lipinski definition) is 0. The zero-order valence-corrected chi connectivity index (χ0v) is 15.1. The average molecular weight is 378 g/mol. The quantitative estimate of drug-likeness (QED) is 0.474. The molecule has 1 aromatic heterocycles. The number of carbonyl (C=O) groups excluding carboxylic acids is 1. The lowest BCUT2D eigenvalue weighted by Crippen LogP contribution is -2.03. The number of Topliss-reactive ketones (excluding diaryl/α,β-unsaturated/α-hetero) is 1. The lowest BCUT2D eigenvalue weighted by atomic mass is 10.2. The molecule has 0 aliphatic heterocycles. The Morgan fingerprint density at radius 3 is 2.58 bits per heavy atom. The summed E-state index contributed by atoms with van der Waals surface area (Å²) < 4.78 is 1.82. The van der Waals surface area contributed by atoms with E-state index in [1.54, 1.807) is 30.3 Å². The maximum absolute atomic E-state index is 12.2. The van der Waals surface area contributed by atoms with Gasteiger partial charge in [-0.1, -0.05) is 65.3 Å². The first kappa shape index (κ1) is 17.0. The standard InChI is InChI=1S/C17H13Cl2N3OS/c1-22-16(13-8-7-12(18)9-14(13)19)20-21-17(22)24-10-15(23)11-5-3-2-4-6-11/h2-9H,10H2,1H3. The zero-order valence-electron chi connectivity index (χ0n) is 12.7. The number of thioether (sulfide) groups is 1. The molecular formula is C17H13Cl2N3OS. The van der Waals surface area contributed by atoms with Crippen molar-refractivity contribution in [1.82, 2.24) is 14.8 Å². The van der Waals surface area contributed by atoms with Crippen molar-refractivity contribution in [3.63, 3.8) is 0 Å². The number of rotatable bonds is 5. The largest absolute Gasteiger partial charge is 0.305 e. The van der Waals surface area contributed by atoms with Crippen LogP contribution in [0.4, 0.5) is 0 Å². The third-order valence-corrected chi connectivity index (χ3v) is 5.00. The van der Waals surface area contributed by atoms with Crippen LogP contribution < -0.4 is 0 Å². The molecule has 0 saturated carbocycles. The molecule has 1 heterocycles. The molecule has 24 heavy (non-hydrogen) atoms. The van der Waals surface area contributed by atoms with Crippen molar-refractivity contribution in [2.75, 3.05) is 5.75 Å². The van der Waals surface area contributed by atoms with Crippen LogP contribution in [0.1, 0.15) is 10.4 Å². The Labute approximate surface area is 153 Å². The molecule has 3 rings (SSSR count). The van der Waals surface area contributed by atoms with Crippen LogP contribution in [0.15, 0.2) is 53.7 Å². The molecule has 4 nitrogen and oxygen atoms in total. The zero-order chi connectivity index (χ0) is 17.1. The Hall–Kier alpha value is -1.82. The lowest BCUT2D eigenvalue weighted by molar-refractivity contribution is 0.102. The van der Waals surface area contributed by atoms with Crippen LogP contribution >= 0.6 is 35.0 Å². The molecule has 122 valence electrons. The lowest BCUT2D eigenvalue weighted by Gasteiger charge is -2.06. The highest BCUT2D eigenvalue weighted by atomic mass is 35.5. The van der Waals surface area contributed by atoms with Gasteiger partial charge >= 0.3 is 0 Å². The minimum absolute atomic E-state index is 0.0506. The van der Waals surface area contributed by atoms with Gasteiger partial charge in [-0.15, -0.1) is 10.2 Å². The van der Waals surface area contributed by atoms with E-state index in [1.807, 2.05) is 29.8 Å². The van der Waals surface area contributed by atoms with E-state index in [0.29, 0.717) is 32.3 Å². The first-order valence-electron chi connectivity index (χ1n) is 7.12. The van der Waals surface area contributed by atoms with Gasteiger partial charge in [-0.05, 0) is 18.2 Å². The first-order valence-corrected chi connectivity index (χ1v) is 8.86. The number of benzene rings is 2. The molecule has 0 bridgehead atoms. The summed E-state index contributed by atoms with van der Waals surface area (Å²) in [5, 5.41) is 10.1. The maximum Gasteiger partial charge on any atom is 0.191 e. The monoisotopic (exact) mass is 377 g/mol. The fraction of sp³-hybridized carbons (Fsp3) is 0.118. The highest BCUT2D eigenvalue weighted by Gasteiger charge is 2.15. The summed E-state index contributed by atoms with van der Waals surface area (Å²) in [6.07, 6.45) is 0. The highest BCUT2D eigenvalue weighted by molar-refractivity contribution is 7.99. The van der Waals surface area contributed by atoms with Crippen LogP contribution in [0, 0.1) is 0 Å². The van der Waals surface area contributed by atoms with Crippen molar-refractivity contribution in [3.8, 4) is 11.4 Å². The van der Waals surface area contributed by atoms with Crippen LogP contribution in [0.3, 0.4) is 0 Å². The van der Waals surface area contributed by atoms with Gasteiger partial charge in [0.1, 0.15) is 0 Å². The van der Waals surface area contributed by atoms with E-state index in [0.717, 1.165) is 5.56 Å². The SMILES string of the molecule is Cn1c(SCC(=O)c2ccccc2)nnc1-c1ccc(Cl)cc1Cl. The summed E-state index contributed by atoms with van der Waals surface area (Å²) in [6, 6.07) is 14.4. The van der Waals surface area contributed by atoms with Gasteiger partial charge in [-0.3, -0.25) is 4.79 Å². The number of ketones is 1. The van der Waals surface area contributed by atoms with Crippen LogP contribution in [0.2, 0.25) is 10.0 Å². The van der Waals surface area contributed by atoms with Crippen molar-refractivity contribution in [2.45, 2.75) is 5.16 Å². The first-order chi connectivity index (χ1) is 11.6. The van der Waals surface area contributed by atoms with E-state index in [2.05, 4.69) is 10.2 Å². The molecular weight excluding hydrogens is 365 g/mol. The Balaban J connectivity index is 1.77. The molecule has 7 heteroatoms. The number of carbonyl (C=O) groups is 1. The van der Waals surface area contributed by atoms with Crippen LogP contribution in [0.25, 0.3) is 11.4 Å². The Bertz CT molecular complexity index is 881. The number of halogens is 2. The average Bonchev–Trinajstić information content (AvgIpc) is 2.94. The third kappa shape index (κ3) is 3.64. The van der Waals surface area contributed by atoms with Crippen molar-refractivity contribution in [1.29, 1.82) is 0 Å². The summed E-state index contributed by atoms with van der Waals surface area (Å²) >= 11 is 13.5. The van der Waals surface area contributed by atoms with E-state index in [9.17, 15) is 4.79 Å². The van der Waals surface area contributed by atoms with Gasteiger partial charge in [0.05, 0.1) is 10.8 Å². The summed E-state index contributed by atoms with van der Waals surface area (Å²) in [5.74, 6) is 0.977. The summed E-state index contributed by atoms with van der Waals surface area (Å²) in [5.41, 5.74) is 1.44. The number of nitrogens with zero attached hydrogens (tertiary/aromatic N) is 3. The molecule has 0 aliphatic carbocycles. The van der Waals surface area contributed by atoms with Gasteiger partial charge in [-0.2, -0.15) is 0 Å². The predicted molar refractivity (Wildman–Crippen MR) is 98.0 cm³/mol. The third-order valence-electron chi connectivity index (χ3n) is 3.44. The molecule has 3 aromatic rings. The number of hydrogen-bond acceptors (Lipinski definition) is 4. The van der Waals surface area contributed by atoms with E-state index >= 15 is 0 Å². The number of aromatic nitrogens is 3. The van der Waals surface area contributed by atoms with E-state index in [1.165, 1.54) is 11.8 Å². The predicted octanol–water partition coefficient (Wildman–Crippen LogP) is 4.76. The summed E-state index contributed by atoms with van der Waals surface area (Å²) in [6.45, 7) is 0. The van der Waals surface area contributed by atoms with Gasteiger partial charge in [0.2, 0.25) is 0 Å². The van der Waals surface area contributed by atoms with Crippen LogP contribution in [0.5, 0.6) is 0 Å². The molecule has 0 aliphatic rings. The molecule has 0 fully saturated rings. The van der Waals surface area contributed by atoms with Gasteiger partial charge in [-0.25, -0.2) is 0 Å². The Morgan fingerprint density at radius 2 is 1.88 bits per heavy atom. The minimum atomic E-state index is 0.0506. The van der Waals surface area contributed by atoms with Gasteiger partial charge in [0.15, 0.2) is 16.8 Å². The maximum atomic E-state index is 12.2. The topological polar surface area (TPSA) is 47.8 Å². The molecule has 0 N–H and O–H groups in total. The summed E-state index contributed by atoms with van der Waals surface area (Å²) in [4.78, 5) is 12.2. The van der Waals surface area contributed by atoms with Crippen molar-refractivity contribution in [2.24, 2.45) is 7.05 Å². The molecule has 0 saturated heterocycles. The second-order valence-electron chi connectivity index (χ2n) is 5.07. The van der Waals surface area contributed by atoms with Gasteiger partial charge in [0.25, 0.3) is 0 Å².